The van der Waals surface area contributed by atoms with Crippen molar-refractivity contribution in [1.82, 2.24) is 0 Å². The summed E-state index contributed by atoms with van der Waals surface area (Å²) in [4.78, 5) is 11.8. The van der Waals surface area contributed by atoms with Gasteiger partial charge in [-0.15, -0.1) is 0 Å². The van der Waals surface area contributed by atoms with E-state index in [2.05, 4.69) is 10.6 Å². The summed E-state index contributed by atoms with van der Waals surface area (Å²) in [7, 11) is 0. The first-order valence-electron chi connectivity index (χ1n) is 6.92. The zero-order valence-electron chi connectivity index (χ0n) is 12.3. The molecule has 0 aliphatic rings. The number of hydrogen-bond acceptors (Lipinski definition) is 2. The Hall–Kier alpha value is -1.92. The molecule has 0 saturated heterocycles. The number of anilines is 2. The summed E-state index contributed by atoms with van der Waals surface area (Å²) in [6.07, 6.45) is -4.40. The van der Waals surface area contributed by atoms with Crippen molar-refractivity contribution in [2.24, 2.45) is 0 Å². The lowest BCUT2D eigenvalue weighted by molar-refractivity contribution is -0.137. The van der Waals surface area contributed by atoms with Crippen molar-refractivity contribution in [1.29, 1.82) is 0 Å². The molecule has 2 aromatic carbocycles. The third-order valence-corrected chi connectivity index (χ3v) is 3.63. The van der Waals surface area contributed by atoms with E-state index in [1.807, 2.05) is 0 Å². The molecule has 0 fully saturated rings. The number of halogens is 5. The second kappa shape index (κ2) is 7.77. The Labute approximate surface area is 146 Å². The van der Waals surface area contributed by atoms with Gasteiger partial charge in [-0.3, -0.25) is 4.79 Å². The summed E-state index contributed by atoms with van der Waals surface area (Å²) in [6, 6.07) is 9.62. The zero-order valence-corrected chi connectivity index (χ0v) is 13.8. The number of rotatable bonds is 5. The van der Waals surface area contributed by atoms with E-state index in [1.54, 1.807) is 24.3 Å². The van der Waals surface area contributed by atoms with Gasteiger partial charge in [0.05, 0.1) is 16.3 Å². The van der Waals surface area contributed by atoms with Gasteiger partial charge in [-0.05, 0) is 36.4 Å². The molecule has 8 heteroatoms. The van der Waals surface area contributed by atoms with Gasteiger partial charge in [0.15, 0.2) is 0 Å². The summed E-state index contributed by atoms with van der Waals surface area (Å²) in [6.45, 7) is 0.132. The van der Waals surface area contributed by atoms with Crippen molar-refractivity contribution in [2.45, 2.75) is 12.6 Å². The third kappa shape index (κ3) is 5.32. The number of hydrogen-bond donors (Lipinski definition) is 2. The molecule has 0 bridgehead atoms. The second-order valence-corrected chi connectivity index (χ2v) is 5.77. The van der Waals surface area contributed by atoms with Crippen molar-refractivity contribution in [3.8, 4) is 0 Å². The second-order valence-electron chi connectivity index (χ2n) is 4.93. The van der Waals surface area contributed by atoms with Crippen LogP contribution in [0, 0.1) is 0 Å². The number of benzene rings is 2. The van der Waals surface area contributed by atoms with Gasteiger partial charge < -0.3 is 10.6 Å². The van der Waals surface area contributed by atoms with Gasteiger partial charge in [-0.2, -0.15) is 13.2 Å². The summed E-state index contributed by atoms with van der Waals surface area (Å²) >= 11 is 11.7. The summed E-state index contributed by atoms with van der Waals surface area (Å²) in [5.74, 6) is -0.298. The molecule has 0 aliphatic carbocycles. The van der Waals surface area contributed by atoms with Crippen LogP contribution in [0.5, 0.6) is 0 Å². The van der Waals surface area contributed by atoms with Gasteiger partial charge in [0.2, 0.25) is 5.91 Å². The minimum atomic E-state index is -4.45. The van der Waals surface area contributed by atoms with E-state index in [-0.39, 0.29) is 29.6 Å². The molecule has 2 rings (SSSR count). The Morgan fingerprint density at radius 1 is 1.08 bits per heavy atom. The van der Waals surface area contributed by atoms with E-state index in [4.69, 9.17) is 23.2 Å². The van der Waals surface area contributed by atoms with Gasteiger partial charge in [0.1, 0.15) is 0 Å². The Morgan fingerprint density at radius 2 is 1.83 bits per heavy atom. The summed E-state index contributed by atoms with van der Waals surface area (Å²) < 4.78 is 38.0. The minimum absolute atomic E-state index is 0.0547. The highest BCUT2D eigenvalue weighted by Crippen LogP contribution is 2.33. The van der Waals surface area contributed by atoms with Crippen LogP contribution >= 0.6 is 23.2 Å². The molecule has 3 nitrogen and oxygen atoms in total. The van der Waals surface area contributed by atoms with Crippen LogP contribution in [0.15, 0.2) is 42.5 Å². The van der Waals surface area contributed by atoms with E-state index in [0.29, 0.717) is 10.7 Å². The van der Waals surface area contributed by atoms with E-state index in [9.17, 15) is 18.0 Å². The van der Waals surface area contributed by atoms with Crippen molar-refractivity contribution >= 4 is 40.5 Å². The van der Waals surface area contributed by atoms with E-state index in [1.165, 1.54) is 6.07 Å². The lowest BCUT2D eigenvalue weighted by atomic mass is 10.2. The highest BCUT2D eigenvalue weighted by molar-refractivity contribution is 6.33. The molecule has 0 heterocycles. The average molecular weight is 377 g/mol. The van der Waals surface area contributed by atoms with Gasteiger partial charge in [0.25, 0.3) is 0 Å². The van der Waals surface area contributed by atoms with Crippen molar-refractivity contribution < 1.29 is 18.0 Å². The minimum Gasteiger partial charge on any atom is -0.383 e. The Kier molecular flexibility index (Phi) is 5.96. The first-order chi connectivity index (χ1) is 11.3. The van der Waals surface area contributed by atoms with Crippen LogP contribution in [-0.4, -0.2) is 12.5 Å². The zero-order chi connectivity index (χ0) is 17.7. The Bertz CT molecular complexity index is 736. The highest BCUT2D eigenvalue weighted by atomic mass is 35.5. The molecule has 0 aliphatic heterocycles. The van der Waals surface area contributed by atoms with Gasteiger partial charge >= 0.3 is 6.18 Å². The first-order valence-corrected chi connectivity index (χ1v) is 7.67. The van der Waals surface area contributed by atoms with Gasteiger partial charge in [0, 0.05) is 23.7 Å². The van der Waals surface area contributed by atoms with E-state index < -0.39 is 11.7 Å². The van der Waals surface area contributed by atoms with Crippen LogP contribution < -0.4 is 10.6 Å². The summed E-state index contributed by atoms with van der Waals surface area (Å²) in [5.41, 5.74) is -0.135. The molecule has 0 spiro atoms. The SMILES string of the molecule is O=C(CCNc1cc(C(F)(F)F)ccc1Cl)Nc1cccc(Cl)c1. The van der Waals surface area contributed by atoms with Crippen LogP contribution in [-0.2, 0) is 11.0 Å². The Morgan fingerprint density at radius 3 is 2.50 bits per heavy atom. The molecule has 2 aromatic rings. The number of amides is 1. The van der Waals surface area contributed by atoms with Crippen LogP contribution in [0.2, 0.25) is 10.0 Å². The number of nitrogens with one attached hydrogen (secondary N) is 2. The van der Waals surface area contributed by atoms with Gasteiger partial charge in [-0.1, -0.05) is 29.3 Å². The molecule has 0 radical (unpaired) electrons. The van der Waals surface area contributed by atoms with Crippen LogP contribution in [0.3, 0.4) is 0 Å². The molecule has 0 atom stereocenters. The standard InChI is InChI=1S/C16H13Cl2F3N2O/c17-11-2-1-3-12(9-11)23-15(24)6-7-22-14-8-10(16(19,20)21)4-5-13(14)18/h1-5,8-9,22H,6-7H2,(H,23,24). The lowest BCUT2D eigenvalue weighted by Crippen LogP contribution is -2.16. The third-order valence-electron chi connectivity index (χ3n) is 3.07. The number of carbonyl (C=O) groups is 1. The van der Waals surface area contributed by atoms with Crippen molar-refractivity contribution in [3.63, 3.8) is 0 Å². The smallest absolute Gasteiger partial charge is 0.383 e. The summed E-state index contributed by atoms with van der Waals surface area (Å²) in [5, 5.41) is 6.02. The molecule has 0 unspecified atom stereocenters. The molecule has 0 aromatic heterocycles. The predicted molar refractivity (Wildman–Crippen MR) is 89.6 cm³/mol. The molecule has 24 heavy (non-hydrogen) atoms. The largest absolute Gasteiger partial charge is 0.416 e. The van der Waals surface area contributed by atoms with E-state index >= 15 is 0 Å². The molecule has 1 amide bonds. The highest BCUT2D eigenvalue weighted by Gasteiger charge is 2.30. The predicted octanol–water partition coefficient (Wildman–Crippen LogP) is 5.45. The Balaban J connectivity index is 1.91. The normalized spacial score (nSPS) is 11.2. The molecular formula is C16H13Cl2F3N2O. The fourth-order valence-electron chi connectivity index (χ4n) is 1.94. The van der Waals surface area contributed by atoms with Crippen LogP contribution in [0.25, 0.3) is 0 Å². The van der Waals surface area contributed by atoms with Gasteiger partial charge in [-0.25, -0.2) is 0 Å². The monoisotopic (exact) mass is 376 g/mol. The maximum atomic E-state index is 12.7. The molecule has 128 valence electrons. The van der Waals surface area contributed by atoms with Crippen LogP contribution in [0.4, 0.5) is 24.5 Å². The quantitative estimate of drug-likeness (QED) is 0.727. The first kappa shape index (κ1) is 18.4. The van der Waals surface area contributed by atoms with Crippen molar-refractivity contribution in [3.05, 3.63) is 58.1 Å². The number of carbonyl (C=O) groups excluding carboxylic acids is 1. The maximum absolute atomic E-state index is 12.7. The molecule has 0 saturated carbocycles. The van der Waals surface area contributed by atoms with Crippen molar-refractivity contribution in [2.75, 3.05) is 17.2 Å². The topological polar surface area (TPSA) is 41.1 Å². The molecular weight excluding hydrogens is 364 g/mol. The number of alkyl halides is 3. The fourth-order valence-corrected chi connectivity index (χ4v) is 2.31. The average Bonchev–Trinajstić information content (AvgIpc) is 2.48. The fraction of sp³-hybridized carbons (Fsp3) is 0.188. The molecule has 2 N–H and O–H groups in total. The van der Waals surface area contributed by atoms with Crippen LogP contribution in [0.1, 0.15) is 12.0 Å². The van der Waals surface area contributed by atoms with E-state index in [0.717, 1.165) is 12.1 Å². The maximum Gasteiger partial charge on any atom is 0.416 e. The lowest BCUT2D eigenvalue weighted by Gasteiger charge is -2.12.